The standard InChI is InChI=1S/C23H31N7O/c1-4-9-17(3)20-26-21(28-12-14-29(15-13-28)23(31)24-5-2)19-16-25-30(22(19)27-20)18-10-7-6-8-11-18/h6-8,10-11,16-17H,4-5,9,12-15H2,1-3H3,(H,24,31). The molecule has 1 aliphatic rings. The predicted octanol–water partition coefficient (Wildman–Crippen LogP) is 3.57. The Balaban J connectivity index is 1.71. The van der Waals surface area contributed by atoms with Crippen LogP contribution in [-0.4, -0.2) is 63.4 Å². The molecule has 1 aliphatic heterocycles. The Bertz CT molecular complexity index is 1030. The monoisotopic (exact) mass is 421 g/mol. The van der Waals surface area contributed by atoms with E-state index in [0.717, 1.165) is 54.3 Å². The van der Waals surface area contributed by atoms with Crippen LogP contribution in [0.2, 0.25) is 0 Å². The molecule has 1 unspecified atom stereocenters. The van der Waals surface area contributed by atoms with Crippen LogP contribution in [0.25, 0.3) is 16.7 Å². The highest BCUT2D eigenvalue weighted by atomic mass is 16.2. The smallest absolute Gasteiger partial charge is 0.317 e. The van der Waals surface area contributed by atoms with Crippen LogP contribution in [0, 0.1) is 0 Å². The number of benzene rings is 1. The van der Waals surface area contributed by atoms with Crippen LogP contribution in [0.1, 0.15) is 45.4 Å². The van der Waals surface area contributed by atoms with E-state index >= 15 is 0 Å². The van der Waals surface area contributed by atoms with Crippen LogP contribution in [-0.2, 0) is 0 Å². The average Bonchev–Trinajstić information content (AvgIpc) is 3.23. The second-order valence-corrected chi connectivity index (χ2v) is 8.03. The molecule has 164 valence electrons. The highest BCUT2D eigenvalue weighted by molar-refractivity contribution is 5.88. The number of rotatable bonds is 6. The third-order valence-corrected chi connectivity index (χ3v) is 5.78. The molecule has 1 atom stereocenters. The first kappa shape index (κ1) is 21.1. The number of nitrogens with one attached hydrogen (secondary N) is 1. The number of nitrogens with zero attached hydrogens (tertiary/aromatic N) is 6. The van der Waals surface area contributed by atoms with Crippen LogP contribution in [0.4, 0.5) is 10.6 Å². The fraction of sp³-hybridized carbons (Fsp3) is 0.478. The van der Waals surface area contributed by atoms with Gasteiger partial charge in [-0.25, -0.2) is 19.4 Å². The van der Waals surface area contributed by atoms with E-state index in [0.29, 0.717) is 19.6 Å². The molecule has 1 fully saturated rings. The Morgan fingerprint density at radius 1 is 1.10 bits per heavy atom. The lowest BCUT2D eigenvalue weighted by atomic mass is 10.1. The van der Waals surface area contributed by atoms with E-state index in [1.165, 1.54) is 0 Å². The molecule has 31 heavy (non-hydrogen) atoms. The van der Waals surface area contributed by atoms with E-state index in [1.54, 1.807) is 0 Å². The molecule has 2 aromatic heterocycles. The molecule has 0 bridgehead atoms. The van der Waals surface area contributed by atoms with Gasteiger partial charge >= 0.3 is 6.03 Å². The first-order valence-corrected chi connectivity index (χ1v) is 11.2. The minimum atomic E-state index is 0.00383. The zero-order valence-electron chi connectivity index (χ0n) is 18.6. The second kappa shape index (κ2) is 9.32. The van der Waals surface area contributed by atoms with E-state index < -0.39 is 0 Å². The van der Waals surface area contributed by atoms with Crippen molar-refractivity contribution in [2.75, 3.05) is 37.6 Å². The highest BCUT2D eigenvalue weighted by Gasteiger charge is 2.25. The van der Waals surface area contributed by atoms with Gasteiger partial charge in [0.1, 0.15) is 11.6 Å². The summed E-state index contributed by atoms with van der Waals surface area (Å²) in [6.07, 6.45) is 3.98. The van der Waals surface area contributed by atoms with Crippen molar-refractivity contribution in [1.82, 2.24) is 30.0 Å². The van der Waals surface area contributed by atoms with Gasteiger partial charge in [-0.2, -0.15) is 5.10 Å². The second-order valence-electron chi connectivity index (χ2n) is 8.03. The molecule has 4 rings (SSSR count). The number of anilines is 1. The molecule has 1 saturated heterocycles. The van der Waals surface area contributed by atoms with Crippen molar-refractivity contribution in [1.29, 1.82) is 0 Å². The quantitative estimate of drug-likeness (QED) is 0.658. The van der Waals surface area contributed by atoms with E-state index in [1.807, 2.05) is 53.0 Å². The predicted molar refractivity (Wildman–Crippen MR) is 123 cm³/mol. The van der Waals surface area contributed by atoms with E-state index in [2.05, 4.69) is 29.2 Å². The summed E-state index contributed by atoms with van der Waals surface area (Å²) in [7, 11) is 0. The number of hydrogen-bond acceptors (Lipinski definition) is 5. The van der Waals surface area contributed by atoms with Gasteiger partial charge in [-0.15, -0.1) is 0 Å². The molecular weight excluding hydrogens is 390 g/mol. The number of carbonyl (C=O) groups excluding carboxylic acids is 1. The Morgan fingerprint density at radius 3 is 2.52 bits per heavy atom. The normalized spacial score (nSPS) is 15.3. The number of amides is 2. The van der Waals surface area contributed by atoms with Gasteiger partial charge in [0.2, 0.25) is 0 Å². The summed E-state index contributed by atoms with van der Waals surface area (Å²) in [5, 5.41) is 8.48. The lowest BCUT2D eigenvalue weighted by Gasteiger charge is -2.35. The van der Waals surface area contributed by atoms with Crippen molar-refractivity contribution in [3.8, 4) is 5.69 Å². The fourth-order valence-corrected chi connectivity index (χ4v) is 4.08. The van der Waals surface area contributed by atoms with Gasteiger partial charge in [0, 0.05) is 38.6 Å². The summed E-state index contributed by atoms with van der Waals surface area (Å²) < 4.78 is 1.90. The van der Waals surface area contributed by atoms with Crippen LogP contribution in [0.5, 0.6) is 0 Å². The largest absolute Gasteiger partial charge is 0.352 e. The summed E-state index contributed by atoms with van der Waals surface area (Å²) in [6.45, 7) is 9.77. The fourth-order valence-electron chi connectivity index (χ4n) is 4.08. The first-order valence-electron chi connectivity index (χ1n) is 11.2. The van der Waals surface area contributed by atoms with E-state index in [-0.39, 0.29) is 11.9 Å². The molecule has 1 N–H and O–H groups in total. The van der Waals surface area contributed by atoms with Gasteiger partial charge < -0.3 is 15.1 Å². The number of urea groups is 1. The Kier molecular flexibility index (Phi) is 6.34. The van der Waals surface area contributed by atoms with Crippen LogP contribution >= 0.6 is 0 Å². The van der Waals surface area contributed by atoms with E-state index in [4.69, 9.17) is 9.97 Å². The number of carbonyl (C=O) groups is 1. The SMILES string of the molecule is CCCC(C)c1nc(N2CCN(C(=O)NCC)CC2)c2cnn(-c3ccccc3)c2n1. The van der Waals surface area contributed by atoms with Crippen molar-refractivity contribution in [3.05, 3.63) is 42.4 Å². The summed E-state index contributed by atoms with van der Waals surface area (Å²) in [6, 6.07) is 10.1. The molecule has 0 spiro atoms. The number of para-hydroxylation sites is 1. The maximum Gasteiger partial charge on any atom is 0.317 e. The zero-order valence-corrected chi connectivity index (χ0v) is 18.6. The van der Waals surface area contributed by atoms with Crippen LogP contribution in [0.3, 0.4) is 0 Å². The van der Waals surface area contributed by atoms with Gasteiger partial charge in [0.15, 0.2) is 5.65 Å². The molecular formula is C23H31N7O. The van der Waals surface area contributed by atoms with Crippen molar-refractivity contribution in [3.63, 3.8) is 0 Å². The highest BCUT2D eigenvalue weighted by Crippen LogP contribution is 2.29. The lowest BCUT2D eigenvalue weighted by Crippen LogP contribution is -2.52. The Labute approximate surface area is 183 Å². The van der Waals surface area contributed by atoms with Crippen molar-refractivity contribution < 1.29 is 4.79 Å². The minimum absolute atomic E-state index is 0.00383. The average molecular weight is 422 g/mol. The van der Waals surface area contributed by atoms with Crippen molar-refractivity contribution >= 4 is 22.9 Å². The Hall–Kier alpha value is -3.16. The lowest BCUT2D eigenvalue weighted by molar-refractivity contribution is 0.195. The third kappa shape index (κ3) is 4.33. The summed E-state index contributed by atoms with van der Waals surface area (Å²) in [5.74, 6) is 2.04. The Morgan fingerprint density at radius 2 is 1.84 bits per heavy atom. The maximum absolute atomic E-state index is 12.2. The number of aromatic nitrogens is 4. The molecule has 2 amide bonds. The number of fused-ring (bicyclic) bond motifs is 1. The molecule has 3 heterocycles. The molecule has 0 aliphatic carbocycles. The topological polar surface area (TPSA) is 79.2 Å². The third-order valence-electron chi connectivity index (χ3n) is 5.78. The molecule has 8 nitrogen and oxygen atoms in total. The van der Waals surface area contributed by atoms with Crippen LogP contribution in [0.15, 0.2) is 36.5 Å². The molecule has 8 heteroatoms. The molecule has 1 aromatic carbocycles. The number of hydrogen-bond donors (Lipinski definition) is 1. The van der Waals surface area contributed by atoms with Crippen molar-refractivity contribution in [2.45, 2.75) is 39.5 Å². The molecule has 0 saturated carbocycles. The molecule has 0 radical (unpaired) electrons. The summed E-state index contributed by atoms with van der Waals surface area (Å²) >= 11 is 0. The van der Waals surface area contributed by atoms with Gasteiger partial charge in [-0.3, -0.25) is 0 Å². The van der Waals surface area contributed by atoms with Gasteiger partial charge in [0.05, 0.1) is 17.3 Å². The molecule has 3 aromatic rings. The van der Waals surface area contributed by atoms with Gasteiger partial charge in [-0.1, -0.05) is 38.5 Å². The minimum Gasteiger partial charge on any atom is -0.352 e. The number of piperazine rings is 1. The van der Waals surface area contributed by atoms with Gasteiger partial charge in [0.25, 0.3) is 0 Å². The van der Waals surface area contributed by atoms with E-state index in [9.17, 15) is 4.79 Å². The van der Waals surface area contributed by atoms with Crippen LogP contribution < -0.4 is 10.2 Å². The first-order chi connectivity index (χ1) is 15.1. The van der Waals surface area contributed by atoms with Crippen molar-refractivity contribution in [2.24, 2.45) is 0 Å². The zero-order chi connectivity index (χ0) is 21.8. The van der Waals surface area contributed by atoms with Gasteiger partial charge in [-0.05, 0) is 25.5 Å². The summed E-state index contributed by atoms with van der Waals surface area (Å²) in [4.78, 5) is 26.3. The summed E-state index contributed by atoms with van der Waals surface area (Å²) in [5.41, 5.74) is 1.82. The maximum atomic E-state index is 12.2.